The molecule has 1 heteroatoms. The van der Waals surface area contributed by atoms with Gasteiger partial charge in [-0.15, -0.1) is 0 Å². The molecule has 0 aromatic heterocycles. The highest BCUT2D eigenvalue weighted by Gasteiger charge is 2.05. The molecule has 0 unspecified atom stereocenters. The predicted octanol–water partition coefficient (Wildman–Crippen LogP) is 6.02. The number of carbonyl (C=O) groups excluding carboxylic acids is 1. The SMILES string of the molecule is CCCCCc1ccc(C(=O)CCCCc2ccccc2)cc1. The average Bonchev–Trinajstić information content (AvgIpc) is 2.60. The van der Waals surface area contributed by atoms with Crippen LogP contribution in [0.2, 0.25) is 0 Å². The Morgan fingerprint density at radius 2 is 1.35 bits per heavy atom. The Hall–Kier alpha value is -1.89. The van der Waals surface area contributed by atoms with Crippen LogP contribution in [0.5, 0.6) is 0 Å². The molecule has 0 aliphatic rings. The van der Waals surface area contributed by atoms with Crippen LogP contribution in [0.25, 0.3) is 0 Å². The first-order chi connectivity index (χ1) is 11.3. The van der Waals surface area contributed by atoms with Gasteiger partial charge in [0.15, 0.2) is 5.78 Å². The summed E-state index contributed by atoms with van der Waals surface area (Å²) in [6, 6.07) is 18.7. The topological polar surface area (TPSA) is 17.1 Å². The van der Waals surface area contributed by atoms with Crippen molar-refractivity contribution in [3.05, 3.63) is 71.3 Å². The Balaban J connectivity index is 1.70. The molecule has 2 rings (SSSR count). The van der Waals surface area contributed by atoms with E-state index in [1.165, 1.54) is 30.4 Å². The number of ketones is 1. The van der Waals surface area contributed by atoms with Gasteiger partial charge in [0.25, 0.3) is 0 Å². The van der Waals surface area contributed by atoms with Crippen LogP contribution in [0.15, 0.2) is 54.6 Å². The monoisotopic (exact) mass is 308 g/mol. The fourth-order valence-corrected chi connectivity index (χ4v) is 2.84. The molecule has 0 heterocycles. The highest BCUT2D eigenvalue weighted by molar-refractivity contribution is 5.96. The van der Waals surface area contributed by atoms with Crippen molar-refractivity contribution < 1.29 is 4.79 Å². The first kappa shape index (κ1) is 17.5. The number of hydrogen-bond donors (Lipinski definition) is 0. The van der Waals surface area contributed by atoms with E-state index in [0.29, 0.717) is 6.42 Å². The second-order valence-electron chi connectivity index (χ2n) is 6.27. The van der Waals surface area contributed by atoms with Crippen molar-refractivity contribution in [3.63, 3.8) is 0 Å². The third-order valence-corrected chi connectivity index (χ3v) is 4.31. The Kier molecular flexibility index (Phi) is 7.59. The molecule has 122 valence electrons. The number of Topliss-reactive ketones (excluding diaryl/α,β-unsaturated/α-hetero) is 1. The summed E-state index contributed by atoms with van der Waals surface area (Å²) >= 11 is 0. The van der Waals surface area contributed by atoms with E-state index < -0.39 is 0 Å². The van der Waals surface area contributed by atoms with Crippen LogP contribution in [0.4, 0.5) is 0 Å². The lowest BCUT2D eigenvalue weighted by molar-refractivity contribution is 0.0979. The molecule has 0 atom stereocenters. The number of aryl methyl sites for hydroxylation is 2. The van der Waals surface area contributed by atoms with Crippen LogP contribution < -0.4 is 0 Å². The van der Waals surface area contributed by atoms with Crippen molar-refractivity contribution in [3.8, 4) is 0 Å². The van der Waals surface area contributed by atoms with Gasteiger partial charge in [0.1, 0.15) is 0 Å². The van der Waals surface area contributed by atoms with Crippen molar-refractivity contribution in [2.75, 3.05) is 0 Å². The molecule has 0 bridgehead atoms. The number of hydrogen-bond acceptors (Lipinski definition) is 1. The van der Waals surface area contributed by atoms with E-state index in [1.807, 2.05) is 18.2 Å². The molecule has 0 saturated carbocycles. The molecule has 0 aliphatic carbocycles. The van der Waals surface area contributed by atoms with Gasteiger partial charge in [-0.05, 0) is 43.2 Å². The second-order valence-corrected chi connectivity index (χ2v) is 6.27. The standard InChI is InChI=1S/C22H28O/c1-2-3-5-10-20-15-17-21(18-16-20)22(23)14-9-8-13-19-11-6-4-7-12-19/h4,6-7,11-12,15-18H,2-3,5,8-10,13-14H2,1H3. The quantitative estimate of drug-likeness (QED) is 0.388. The normalized spacial score (nSPS) is 10.7. The summed E-state index contributed by atoms with van der Waals surface area (Å²) in [5.74, 6) is 0.276. The van der Waals surface area contributed by atoms with E-state index in [0.717, 1.165) is 31.2 Å². The molecule has 2 aromatic carbocycles. The smallest absolute Gasteiger partial charge is 0.162 e. The summed E-state index contributed by atoms with van der Waals surface area (Å²) in [5, 5.41) is 0. The maximum atomic E-state index is 12.2. The van der Waals surface area contributed by atoms with Gasteiger partial charge >= 0.3 is 0 Å². The van der Waals surface area contributed by atoms with E-state index >= 15 is 0 Å². The summed E-state index contributed by atoms with van der Waals surface area (Å²) in [6.07, 6.45) is 8.65. The minimum atomic E-state index is 0.276. The first-order valence-corrected chi connectivity index (χ1v) is 8.95. The summed E-state index contributed by atoms with van der Waals surface area (Å²) < 4.78 is 0. The van der Waals surface area contributed by atoms with Gasteiger partial charge in [-0.25, -0.2) is 0 Å². The number of carbonyl (C=O) groups is 1. The second kappa shape index (κ2) is 9.99. The molecule has 0 N–H and O–H groups in total. The highest BCUT2D eigenvalue weighted by Crippen LogP contribution is 2.13. The molecular formula is C22H28O. The Morgan fingerprint density at radius 1 is 0.739 bits per heavy atom. The molecule has 23 heavy (non-hydrogen) atoms. The zero-order chi connectivity index (χ0) is 16.3. The average molecular weight is 308 g/mol. The maximum Gasteiger partial charge on any atom is 0.162 e. The molecule has 2 aromatic rings. The lowest BCUT2D eigenvalue weighted by Gasteiger charge is -2.04. The Bertz CT molecular complexity index is 569. The maximum absolute atomic E-state index is 12.2. The van der Waals surface area contributed by atoms with Gasteiger partial charge in [0.2, 0.25) is 0 Å². The predicted molar refractivity (Wildman–Crippen MR) is 98.0 cm³/mol. The summed E-state index contributed by atoms with van der Waals surface area (Å²) in [4.78, 5) is 12.2. The molecule has 0 spiro atoms. The van der Waals surface area contributed by atoms with Crippen LogP contribution in [0.1, 0.15) is 66.9 Å². The molecule has 0 fully saturated rings. The van der Waals surface area contributed by atoms with Gasteiger partial charge in [0.05, 0.1) is 0 Å². The summed E-state index contributed by atoms with van der Waals surface area (Å²) in [6.45, 7) is 2.22. The molecule has 0 radical (unpaired) electrons. The summed E-state index contributed by atoms with van der Waals surface area (Å²) in [7, 11) is 0. The minimum absolute atomic E-state index is 0.276. The largest absolute Gasteiger partial charge is 0.294 e. The van der Waals surface area contributed by atoms with E-state index in [1.54, 1.807) is 0 Å². The molecule has 0 amide bonds. The minimum Gasteiger partial charge on any atom is -0.294 e. The zero-order valence-electron chi connectivity index (χ0n) is 14.3. The van der Waals surface area contributed by atoms with Gasteiger partial charge in [-0.3, -0.25) is 4.79 Å². The Labute approximate surface area is 140 Å². The van der Waals surface area contributed by atoms with E-state index in [4.69, 9.17) is 0 Å². The lowest BCUT2D eigenvalue weighted by atomic mass is 10.00. The van der Waals surface area contributed by atoms with Crippen LogP contribution in [-0.2, 0) is 12.8 Å². The van der Waals surface area contributed by atoms with Gasteiger partial charge in [-0.1, -0.05) is 74.4 Å². The van der Waals surface area contributed by atoms with E-state index in [9.17, 15) is 4.79 Å². The van der Waals surface area contributed by atoms with Gasteiger partial charge in [0, 0.05) is 12.0 Å². The molecular weight excluding hydrogens is 280 g/mol. The van der Waals surface area contributed by atoms with Crippen molar-refractivity contribution in [2.24, 2.45) is 0 Å². The number of benzene rings is 2. The third kappa shape index (κ3) is 6.40. The molecule has 1 nitrogen and oxygen atoms in total. The molecule has 0 saturated heterocycles. The van der Waals surface area contributed by atoms with Crippen LogP contribution in [0.3, 0.4) is 0 Å². The van der Waals surface area contributed by atoms with Crippen molar-refractivity contribution >= 4 is 5.78 Å². The number of unbranched alkanes of at least 4 members (excludes halogenated alkanes) is 3. The molecule has 0 aliphatic heterocycles. The van der Waals surface area contributed by atoms with Crippen molar-refractivity contribution in [1.82, 2.24) is 0 Å². The van der Waals surface area contributed by atoms with Crippen LogP contribution in [0, 0.1) is 0 Å². The Morgan fingerprint density at radius 3 is 2.00 bits per heavy atom. The zero-order valence-corrected chi connectivity index (χ0v) is 14.3. The van der Waals surface area contributed by atoms with Crippen molar-refractivity contribution in [1.29, 1.82) is 0 Å². The van der Waals surface area contributed by atoms with E-state index in [-0.39, 0.29) is 5.78 Å². The first-order valence-electron chi connectivity index (χ1n) is 8.95. The number of rotatable bonds is 10. The van der Waals surface area contributed by atoms with Crippen LogP contribution in [-0.4, -0.2) is 5.78 Å². The van der Waals surface area contributed by atoms with Gasteiger partial charge in [-0.2, -0.15) is 0 Å². The van der Waals surface area contributed by atoms with E-state index in [2.05, 4.69) is 43.3 Å². The lowest BCUT2D eigenvalue weighted by Crippen LogP contribution is -2.00. The third-order valence-electron chi connectivity index (χ3n) is 4.31. The highest BCUT2D eigenvalue weighted by atomic mass is 16.1. The fraction of sp³-hybridized carbons (Fsp3) is 0.409. The fourth-order valence-electron chi connectivity index (χ4n) is 2.84. The summed E-state index contributed by atoms with van der Waals surface area (Å²) in [5.41, 5.74) is 3.57. The van der Waals surface area contributed by atoms with Crippen molar-refractivity contribution in [2.45, 2.75) is 58.3 Å². The van der Waals surface area contributed by atoms with Gasteiger partial charge < -0.3 is 0 Å². The van der Waals surface area contributed by atoms with Crippen LogP contribution >= 0.6 is 0 Å².